The molecule has 0 spiro atoms. The predicted molar refractivity (Wildman–Crippen MR) is 78.7 cm³/mol. The van der Waals surface area contributed by atoms with Crippen LogP contribution in [0, 0.1) is 12.8 Å². The zero-order valence-electron chi connectivity index (χ0n) is 11.6. The summed E-state index contributed by atoms with van der Waals surface area (Å²) in [7, 11) is -3.33. The molecule has 1 heterocycles. The van der Waals surface area contributed by atoms with E-state index in [4.69, 9.17) is 5.73 Å². The normalized spacial score (nSPS) is 16.2. The number of thiophene rings is 1. The molecule has 1 fully saturated rings. The molecule has 0 bridgehead atoms. The lowest BCUT2D eigenvalue weighted by Gasteiger charge is -2.20. The van der Waals surface area contributed by atoms with Crippen molar-refractivity contribution in [2.24, 2.45) is 11.7 Å². The standard InChI is InChI=1S/C13H22N2O2S2/c1-3-6-15(9-11-4-5-11)19(16,17)13-7-10(2)12(8-14)18-13/h7,11H,3-6,8-9,14H2,1-2H3. The van der Waals surface area contributed by atoms with E-state index in [2.05, 4.69) is 0 Å². The molecule has 0 aliphatic heterocycles. The van der Waals surface area contributed by atoms with E-state index in [1.54, 1.807) is 10.4 Å². The molecule has 6 heteroatoms. The highest BCUT2D eigenvalue weighted by molar-refractivity contribution is 7.91. The molecular formula is C13H22N2O2S2. The molecule has 0 atom stereocenters. The minimum Gasteiger partial charge on any atom is -0.326 e. The van der Waals surface area contributed by atoms with Gasteiger partial charge in [0.15, 0.2) is 0 Å². The molecule has 2 N–H and O–H groups in total. The van der Waals surface area contributed by atoms with Crippen molar-refractivity contribution in [3.63, 3.8) is 0 Å². The number of rotatable bonds is 7. The van der Waals surface area contributed by atoms with Crippen molar-refractivity contribution in [3.8, 4) is 0 Å². The summed E-state index contributed by atoms with van der Waals surface area (Å²) in [5.41, 5.74) is 6.62. The Morgan fingerprint density at radius 2 is 2.16 bits per heavy atom. The van der Waals surface area contributed by atoms with Crippen molar-refractivity contribution in [1.29, 1.82) is 0 Å². The van der Waals surface area contributed by atoms with Crippen LogP contribution in [0.3, 0.4) is 0 Å². The van der Waals surface area contributed by atoms with Gasteiger partial charge in [0.25, 0.3) is 10.0 Å². The van der Waals surface area contributed by atoms with E-state index >= 15 is 0 Å². The summed E-state index contributed by atoms with van der Waals surface area (Å²) in [4.78, 5) is 0.960. The average molecular weight is 302 g/mol. The lowest BCUT2D eigenvalue weighted by Crippen LogP contribution is -2.33. The van der Waals surface area contributed by atoms with Crippen LogP contribution in [0.15, 0.2) is 10.3 Å². The molecule has 0 amide bonds. The second-order valence-corrected chi connectivity index (χ2v) is 8.48. The van der Waals surface area contributed by atoms with Gasteiger partial charge in [-0.25, -0.2) is 8.42 Å². The van der Waals surface area contributed by atoms with Crippen molar-refractivity contribution >= 4 is 21.4 Å². The van der Waals surface area contributed by atoms with Crippen molar-refractivity contribution in [2.45, 2.75) is 43.9 Å². The van der Waals surface area contributed by atoms with Crippen molar-refractivity contribution in [3.05, 3.63) is 16.5 Å². The largest absolute Gasteiger partial charge is 0.326 e. The van der Waals surface area contributed by atoms with E-state index in [0.29, 0.717) is 29.8 Å². The van der Waals surface area contributed by atoms with Gasteiger partial charge in [-0.15, -0.1) is 11.3 Å². The maximum absolute atomic E-state index is 12.7. The Bertz CT molecular complexity index is 533. The van der Waals surface area contributed by atoms with Crippen LogP contribution >= 0.6 is 11.3 Å². The smallest absolute Gasteiger partial charge is 0.252 e. The molecule has 19 heavy (non-hydrogen) atoms. The fourth-order valence-corrected chi connectivity index (χ4v) is 5.32. The Morgan fingerprint density at radius 1 is 1.47 bits per heavy atom. The lowest BCUT2D eigenvalue weighted by atomic mass is 10.3. The van der Waals surface area contributed by atoms with Gasteiger partial charge < -0.3 is 5.73 Å². The zero-order chi connectivity index (χ0) is 14.0. The van der Waals surface area contributed by atoms with Gasteiger partial charge in [0.05, 0.1) is 0 Å². The van der Waals surface area contributed by atoms with Gasteiger partial charge in [0.1, 0.15) is 4.21 Å². The summed E-state index contributed by atoms with van der Waals surface area (Å²) in [6.07, 6.45) is 3.17. The van der Waals surface area contributed by atoms with E-state index in [0.717, 1.165) is 29.7 Å². The van der Waals surface area contributed by atoms with Crippen molar-refractivity contribution in [1.82, 2.24) is 4.31 Å². The Balaban J connectivity index is 2.26. The molecule has 1 aromatic rings. The van der Waals surface area contributed by atoms with Crippen LogP contribution < -0.4 is 5.73 Å². The van der Waals surface area contributed by atoms with E-state index in [1.165, 1.54) is 11.3 Å². The van der Waals surface area contributed by atoms with E-state index < -0.39 is 10.0 Å². The van der Waals surface area contributed by atoms with E-state index in [1.807, 2.05) is 13.8 Å². The van der Waals surface area contributed by atoms with Crippen LogP contribution in [0.4, 0.5) is 0 Å². The molecule has 0 unspecified atom stereocenters. The van der Waals surface area contributed by atoms with Crippen LogP contribution in [0.2, 0.25) is 0 Å². The first kappa shape index (κ1) is 15.0. The molecule has 0 aromatic carbocycles. The quantitative estimate of drug-likeness (QED) is 0.841. The third kappa shape index (κ3) is 3.37. The predicted octanol–water partition coefficient (Wildman–Crippen LogP) is 2.33. The second-order valence-electron chi connectivity index (χ2n) is 5.18. The fourth-order valence-electron chi connectivity index (χ4n) is 2.09. The molecular weight excluding hydrogens is 280 g/mol. The van der Waals surface area contributed by atoms with Crippen LogP contribution in [0.1, 0.15) is 36.6 Å². The Morgan fingerprint density at radius 3 is 2.63 bits per heavy atom. The van der Waals surface area contributed by atoms with Gasteiger partial charge in [0, 0.05) is 24.5 Å². The summed E-state index contributed by atoms with van der Waals surface area (Å²) in [5.74, 6) is 0.566. The summed E-state index contributed by atoms with van der Waals surface area (Å²) < 4.78 is 27.4. The third-order valence-electron chi connectivity index (χ3n) is 3.41. The number of nitrogens with zero attached hydrogens (tertiary/aromatic N) is 1. The molecule has 1 saturated carbocycles. The maximum atomic E-state index is 12.7. The van der Waals surface area contributed by atoms with Crippen LogP contribution in [0.25, 0.3) is 0 Å². The third-order valence-corrected chi connectivity index (χ3v) is 6.98. The van der Waals surface area contributed by atoms with E-state index in [9.17, 15) is 8.42 Å². The summed E-state index contributed by atoms with van der Waals surface area (Å²) >= 11 is 1.31. The van der Waals surface area contributed by atoms with Crippen LogP contribution in [0.5, 0.6) is 0 Å². The van der Waals surface area contributed by atoms with Gasteiger partial charge in [0.2, 0.25) is 0 Å². The Kier molecular flexibility index (Phi) is 4.66. The van der Waals surface area contributed by atoms with Crippen LogP contribution in [-0.4, -0.2) is 25.8 Å². The number of hydrogen-bond donors (Lipinski definition) is 1. The molecule has 2 rings (SSSR count). The Labute approximate surface area is 119 Å². The molecule has 1 aromatic heterocycles. The molecule has 1 aliphatic carbocycles. The summed E-state index contributed by atoms with van der Waals surface area (Å²) in [6.45, 7) is 5.62. The molecule has 0 radical (unpaired) electrons. The monoisotopic (exact) mass is 302 g/mol. The zero-order valence-corrected chi connectivity index (χ0v) is 13.2. The highest BCUT2D eigenvalue weighted by atomic mass is 32.2. The van der Waals surface area contributed by atoms with E-state index in [-0.39, 0.29) is 0 Å². The second kappa shape index (κ2) is 5.91. The maximum Gasteiger partial charge on any atom is 0.252 e. The summed E-state index contributed by atoms with van der Waals surface area (Å²) in [5, 5.41) is 0. The summed E-state index contributed by atoms with van der Waals surface area (Å²) in [6, 6.07) is 1.76. The van der Waals surface area contributed by atoms with Crippen LogP contribution in [-0.2, 0) is 16.6 Å². The van der Waals surface area contributed by atoms with Gasteiger partial charge in [-0.05, 0) is 43.7 Å². The Hall–Kier alpha value is -0.430. The molecule has 4 nitrogen and oxygen atoms in total. The number of hydrogen-bond acceptors (Lipinski definition) is 4. The SMILES string of the molecule is CCCN(CC1CC1)S(=O)(=O)c1cc(C)c(CN)s1. The highest BCUT2D eigenvalue weighted by Gasteiger charge is 2.32. The molecule has 108 valence electrons. The van der Waals surface area contributed by atoms with Crippen molar-refractivity contribution < 1.29 is 8.42 Å². The average Bonchev–Trinajstić information content (AvgIpc) is 3.09. The topological polar surface area (TPSA) is 63.4 Å². The molecule has 1 aliphatic rings. The van der Waals surface area contributed by atoms with Gasteiger partial charge in [-0.3, -0.25) is 0 Å². The van der Waals surface area contributed by atoms with Gasteiger partial charge >= 0.3 is 0 Å². The first-order valence-electron chi connectivity index (χ1n) is 6.78. The first-order valence-corrected chi connectivity index (χ1v) is 9.04. The lowest BCUT2D eigenvalue weighted by molar-refractivity contribution is 0.397. The number of nitrogens with two attached hydrogens (primary N) is 1. The molecule has 0 saturated heterocycles. The number of aryl methyl sites for hydroxylation is 1. The minimum atomic E-state index is -3.33. The van der Waals surface area contributed by atoms with Crippen molar-refractivity contribution in [2.75, 3.05) is 13.1 Å². The number of sulfonamides is 1. The minimum absolute atomic E-state index is 0.405. The fraction of sp³-hybridized carbons (Fsp3) is 0.692. The van der Waals surface area contributed by atoms with Gasteiger partial charge in [-0.2, -0.15) is 4.31 Å². The first-order chi connectivity index (χ1) is 8.98. The highest BCUT2D eigenvalue weighted by Crippen LogP contribution is 2.33. The van der Waals surface area contributed by atoms with Gasteiger partial charge in [-0.1, -0.05) is 6.92 Å².